The Balaban J connectivity index is 2.05. The van der Waals surface area contributed by atoms with Crippen molar-refractivity contribution in [2.75, 3.05) is 0 Å². The van der Waals surface area contributed by atoms with Crippen LogP contribution in [-0.2, 0) is 0 Å². The van der Waals surface area contributed by atoms with Gasteiger partial charge < -0.3 is 4.42 Å². The summed E-state index contributed by atoms with van der Waals surface area (Å²) < 4.78 is 6.06. The maximum Gasteiger partial charge on any atom is 0.205 e. The van der Waals surface area contributed by atoms with Crippen LogP contribution in [0.5, 0.6) is 0 Å². The smallest absolute Gasteiger partial charge is 0.205 e. The second kappa shape index (κ2) is 4.14. The Hall–Kier alpha value is -1.74. The quantitative estimate of drug-likeness (QED) is 0.834. The molecule has 3 heteroatoms. The summed E-state index contributed by atoms with van der Waals surface area (Å²) in [5, 5.41) is 4.96. The van der Waals surface area contributed by atoms with Gasteiger partial charge in [0.25, 0.3) is 0 Å². The lowest BCUT2D eigenvalue weighted by Gasteiger charge is -2.14. The Morgan fingerprint density at radius 3 is 2.58 bits per heavy atom. The molecule has 19 heavy (non-hydrogen) atoms. The van der Waals surface area contributed by atoms with Crippen molar-refractivity contribution < 1.29 is 4.42 Å². The molecule has 0 atom stereocenters. The molecule has 1 aliphatic heterocycles. The number of hydrogen-bond acceptors (Lipinski definition) is 2. The number of fused-ring (bicyclic) bond motifs is 1. The van der Waals surface area contributed by atoms with Gasteiger partial charge in [-0.1, -0.05) is 24.3 Å². The number of allylic oxidation sites excluding steroid dienone is 2. The molecule has 1 aliphatic carbocycles. The molecule has 0 unspecified atom stereocenters. The number of thiol groups is 1. The molecule has 0 amide bonds. The maximum atomic E-state index is 12.8. The second-order valence-electron chi connectivity index (χ2n) is 5.00. The first-order chi connectivity index (χ1) is 9.34. The number of benzene rings is 1. The van der Waals surface area contributed by atoms with Gasteiger partial charge in [0.1, 0.15) is 11.3 Å². The van der Waals surface area contributed by atoms with Crippen LogP contribution < -0.4 is 5.43 Å². The van der Waals surface area contributed by atoms with Crippen LogP contribution in [0.4, 0.5) is 0 Å². The fraction of sp³-hybridized carbons (Fsp3) is 0.188. The van der Waals surface area contributed by atoms with Gasteiger partial charge in [0.05, 0.1) is 10.3 Å². The molecule has 1 saturated carbocycles. The zero-order chi connectivity index (χ0) is 12.8. The monoisotopic (exact) mass is 270 g/mol. The molecule has 0 saturated heterocycles. The summed E-state index contributed by atoms with van der Waals surface area (Å²) in [6, 6.07) is 7.57. The summed E-state index contributed by atoms with van der Waals surface area (Å²) in [6.07, 6.45) is 6.34. The topological polar surface area (TPSA) is 30.2 Å². The SMILES string of the molecule is O=c1c([SH]2C=CC=C2)c(C2CC2)oc2ccccc12. The molecule has 2 nitrogen and oxygen atoms in total. The Kier molecular flexibility index (Phi) is 2.42. The Labute approximate surface area is 113 Å². The highest BCUT2D eigenvalue weighted by Crippen LogP contribution is 2.50. The molecule has 0 radical (unpaired) electrons. The number of para-hydroxylation sites is 1. The van der Waals surface area contributed by atoms with Crippen LogP contribution in [0.1, 0.15) is 24.5 Å². The van der Waals surface area contributed by atoms with Crippen molar-refractivity contribution >= 4 is 21.9 Å². The Bertz CT molecular complexity index is 754. The molecule has 1 aromatic carbocycles. The molecule has 2 aromatic rings. The lowest BCUT2D eigenvalue weighted by Crippen LogP contribution is -2.09. The van der Waals surface area contributed by atoms with Crippen molar-refractivity contribution in [3.63, 3.8) is 0 Å². The molecule has 0 N–H and O–H groups in total. The van der Waals surface area contributed by atoms with E-state index in [9.17, 15) is 4.79 Å². The molecule has 0 bridgehead atoms. The van der Waals surface area contributed by atoms with Crippen LogP contribution >= 0.6 is 10.9 Å². The Morgan fingerprint density at radius 2 is 1.84 bits per heavy atom. The van der Waals surface area contributed by atoms with Gasteiger partial charge in [0.15, 0.2) is 0 Å². The molecule has 1 fully saturated rings. The lowest BCUT2D eigenvalue weighted by atomic mass is 10.2. The minimum Gasteiger partial charge on any atom is -0.459 e. The van der Waals surface area contributed by atoms with Crippen LogP contribution in [0.2, 0.25) is 0 Å². The zero-order valence-corrected chi connectivity index (χ0v) is 11.3. The van der Waals surface area contributed by atoms with Gasteiger partial charge in [0, 0.05) is 5.92 Å². The van der Waals surface area contributed by atoms with Crippen molar-refractivity contribution in [2.24, 2.45) is 0 Å². The van der Waals surface area contributed by atoms with Gasteiger partial charge in [-0.25, -0.2) is 0 Å². The molecule has 96 valence electrons. The fourth-order valence-corrected chi connectivity index (χ4v) is 4.30. The fourth-order valence-electron chi connectivity index (χ4n) is 2.50. The van der Waals surface area contributed by atoms with Crippen LogP contribution in [0.3, 0.4) is 0 Å². The molecular formula is C16H14O2S. The maximum absolute atomic E-state index is 12.8. The first-order valence-corrected chi connectivity index (χ1v) is 8.01. The minimum atomic E-state index is -0.615. The third-order valence-corrected chi connectivity index (χ3v) is 5.54. The van der Waals surface area contributed by atoms with E-state index in [1.165, 1.54) is 0 Å². The third kappa shape index (κ3) is 1.77. The van der Waals surface area contributed by atoms with Crippen molar-refractivity contribution in [3.8, 4) is 0 Å². The van der Waals surface area contributed by atoms with Crippen LogP contribution in [0.25, 0.3) is 11.0 Å². The molecule has 2 aliphatic rings. The predicted octanol–water partition coefficient (Wildman–Crippen LogP) is 4.07. The van der Waals surface area contributed by atoms with Crippen molar-refractivity contribution in [2.45, 2.75) is 23.7 Å². The Morgan fingerprint density at radius 1 is 1.11 bits per heavy atom. The molecule has 1 aromatic heterocycles. The van der Waals surface area contributed by atoms with Crippen molar-refractivity contribution in [1.29, 1.82) is 0 Å². The van der Waals surface area contributed by atoms with Crippen molar-refractivity contribution in [3.05, 3.63) is 63.2 Å². The largest absolute Gasteiger partial charge is 0.459 e. The van der Waals surface area contributed by atoms with E-state index in [1.54, 1.807) is 0 Å². The summed E-state index contributed by atoms with van der Waals surface area (Å²) in [4.78, 5) is 13.7. The van der Waals surface area contributed by atoms with Crippen LogP contribution in [0.15, 0.2) is 61.3 Å². The molecular weight excluding hydrogens is 256 g/mol. The van der Waals surface area contributed by atoms with Crippen LogP contribution in [0, 0.1) is 0 Å². The van der Waals surface area contributed by atoms with E-state index >= 15 is 0 Å². The molecule has 2 heterocycles. The van der Waals surface area contributed by atoms with Gasteiger partial charge in [-0.15, -0.1) is 0 Å². The van der Waals surface area contributed by atoms with Gasteiger partial charge in [-0.2, -0.15) is 10.9 Å². The highest BCUT2D eigenvalue weighted by molar-refractivity contribution is 8.22. The van der Waals surface area contributed by atoms with Crippen LogP contribution in [-0.4, -0.2) is 0 Å². The van der Waals surface area contributed by atoms with E-state index in [4.69, 9.17) is 4.42 Å². The first-order valence-electron chi connectivity index (χ1n) is 6.53. The summed E-state index contributed by atoms with van der Waals surface area (Å²) in [7, 11) is -0.615. The summed E-state index contributed by atoms with van der Waals surface area (Å²) in [6.45, 7) is 0. The summed E-state index contributed by atoms with van der Waals surface area (Å²) >= 11 is 0. The van der Waals surface area contributed by atoms with E-state index in [1.807, 2.05) is 36.4 Å². The van der Waals surface area contributed by atoms with Gasteiger partial charge in [-0.05, 0) is 35.8 Å². The van der Waals surface area contributed by atoms with Gasteiger partial charge in [-0.3, -0.25) is 4.79 Å². The van der Waals surface area contributed by atoms with E-state index in [-0.39, 0.29) is 5.43 Å². The van der Waals surface area contributed by atoms with Gasteiger partial charge >= 0.3 is 0 Å². The van der Waals surface area contributed by atoms with E-state index in [0.29, 0.717) is 11.3 Å². The average Bonchev–Trinajstić information content (AvgIpc) is 3.15. The number of rotatable bonds is 2. The summed E-state index contributed by atoms with van der Waals surface area (Å²) in [5.41, 5.74) is 0.881. The minimum absolute atomic E-state index is 0.158. The van der Waals surface area contributed by atoms with Gasteiger partial charge in [0.2, 0.25) is 5.43 Å². The predicted molar refractivity (Wildman–Crippen MR) is 80.0 cm³/mol. The lowest BCUT2D eigenvalue weighted by molar-refractivity contribution is 0.520. The highest BCUT2D eigenvalue weighted by atomic mass is 32.2. The van der Waals surface area contributed by atoms with E-state index in [2.05, 4.69) is 10.8 Å². The second-order valence-corrected chi connectivity index (χ2v) is 6.86. The standard InChI is InChI=1S/C16H14O2S/c17-14-12-5-1-2-6-13(12)18-15(11-7-8-11)16(14)19-9-3-4-10-19/h1-6,9-11,19H,7-8H2. The molecule has 4 rings (SSSR count). The molecule has 0 spiro atoms. The van der Waals surface area contributed by atoms with Crippen molar-refractivity contribution in [1.82, 2.24) is 0 Å². The normalized spacial score (nSPS) is 19.5. The average molecular weight is 270 g/mol. The third-order valence-electron chi connectivity index (χ3n) is 3.61. The number of hydrogen-bond donors (Lipinski definition) is 1. The summed E-state index contributed by atoms with van der Waals surface area (Å²) in [5.74, 6) is 1.39. The zero-order valence-electron chi connectivity index (χ0n) is 10.4. The highest BCUT2D eigenvalue weighted by Gasteiger charge is 2.32. The first kappa shape index (κ1) is 11.1. The van der Waals surface area contributed by atoms with E-state index in [0.717, 1.165) is 29.1 Å². The van der Waals surface area contributed by atoms with E-state index < -0.39 is 10.9 Å².